The zero-order chi connectivity index (χ0) is 14.0. The number of fused-ring (bicyclic) bond motifs is 1. The first-order valence-electron chi connectivity index (χ1n) is 6.22. The predicted molar refractivity (Wildman–Crippen MR) is 73.0 cm³/mol. The molecule has 0 radical (unpaired) electrons. The molecule has 0 fully saturated rings. The first kappa shape index (κ1) is 13.3. The van der Waals surface area contributed by atoms with Crippen LogP contribution in [-0.4, -0.2) is 21.9 Å². The summed E-state index contributed by atoms with van der Waals surface area (Å²) in [6.07, 6.45) is 1.77. The van der Waals surface area contributed by atoms with E-state index in [1.165, 1.54) is 23.8 Å². The number of hydrogen-bond acceptors (Lipinski definition) is 4. The summed E-state index contributed by atoms with van der Waals surface area (Å²) in [5.41, 5.74) is 0.128. The molecule has 2 rings (SSSR count). The summed E-state index contributed by atoms with van der Waals surface area (Å²) in [5.74, 6) is -0.189. The molecule has 1 aromatic carbocycles. The normalized spacial score (nSPS) is 10.8. The molecule has 0 amide bonds. The fourth-order valence-corrected chi connectivity index (χ4v) is 2.12. The van der Waals surface area contributed by atoms with Gasteiger partial charge in [0.2, 0.25) is 5.75 Å². The minimum atomic E-state index is -0.383. The first-order valence-corrected chi connectivity index (χ1v) is 6.22. The Morgan fingerprint density at radius 1 is 1.32 bits per heavy atom. The third kappa shape index (κ3) is 2.23. The number of benzene rings is 1. The van der Waals surface area contributed by atoms with Crippen molar-refractivity contribution in [3.8, 4) is 17.2 Å². The van der Waals surface area contributed by atoms with Crippen molar-refractivity contribution in [3.05, 3.63) is 28.6 Å². The average molecular weight is 263 g/mol. The SMILES string of the molecule is CCCCn1c(=O)c(OC)c(O)c2ccc(O)cc21. The standard InChI is InChI=1S/C14H17NO4/c1-3-4-7-15-11-8-9(16)5-6-10(11)12(17)13(19-2)14(15)18/h5-6,8,16-17H,3-4,7H2,1-2H3. The Labute approximate surface area is 110 Å². The smallest absolute Gasteiger partial charge is 0.297 e. The Bertz CT molecular complexity index is 661. The van der Waals surface area contributed by atoms with Gasteiger partial charge in [-0.15, -0.1) is 0 Å². The zero-order valence-electron chi connectivity index (χ0n) is 11.0. The molecule has 1 aromatic heterocycles. The Hall–Kier alpha value is -2.17. The van der Waals surface area contributed by atoms with Gasteiger partial charge in [0.25, 0.3) is 5.56 Å². The number of aromatic nitrogens is 1. The Balaban J connectivity index is 2.81. The van der Waals surface area contributed by atoms with Crippen molar-refractivity contribution >= 4 is 10.9 Å². The van der Waals surface area contributed by atoms with Gasteiger partial charge in [-0.25, -0.2) is 0 Å². The maximum absolute atomic E-state index is 12.2. The van der Waals surface area contributed by atoms with E-state index < -0.39 is 0 Å². The molecule has 0 saturated heterocycles. The molecule has 19 heavy (non-hydrogen) atoms. The molecule has 0 saturated carbocycles. The van der Waals surface area contributed by atoms with Crippen LogP contribution in [0, 0.1) is 0 Å². The molecule has 1 heterocycles. The van der Waals surface area contributed by atoms with Crippen LogP contribution in [0.15, 0.2) is 23.0 Å². The number of phenolic OH excluding ortho intramolecular Hbond substituents is 1. The summed E-state index contributed by atoms with van der Waals surface area (Å²) in [5, 5.41) is 20.1. The molecule has 0 aliphatic rings. The number of nitrogens with zero attached hydrogens (tertiary/aromatic N) is 1. The Kier molecular flexibility index (Phi) is 3.64. The Morgan fingerprint density at radius 3 is 2.68 bits per heavy atom. The fourth-order valence-electron chi connectivity index (χ4n) is 2.12. The van der Waals surface area contributed by atoms with Crippen molar-refractivity contribution in [2.45, 2.75) is 26.3 Å². The highest BCUT2D eigenvalue weighted by Crippen LogP contribution is 2.32. The summed E-state index contributed by atoms with van der Waals surface area (Å²) in [6, 6.07) is 4.52. The molecule has 0 aliphatic carbocycles. The quantitative estimate of drug-likeness (QED) is 0.887. The number of unbranched alkanes of at least 4 members (excludes halogenated alkanes) is 1. The van der Waals surface area contributed by atoms with E-state index in [0.717, 1.165) is 12.8 Å². The van der Waals surface area contributed by atoms with E-state index in [9.17, 15) is 15.0 Å². The van der Waals surface area contributed by atoms with E-state index in [1.807, 2.05) is 6.92 Å². The van der Waals surface area contributed by atoms with Gasteiger partial charge in [0.15, 0.2) is 5.75 Å². The number of hydrogen-bond donors (Lipinski definition) is 2. The molecular weight excluding hydrogens is 246 g/mol. The summed E-state index contributed by atoms with van der Waals surface area (Å²) in [4.78, 5) is 12.2. The molecule has 0 unspecified atom stereocenters. The van der Waals surface area contributed by atoms with Crippen molar-refractivity contribution in [3.63, 3.8) is 0 Å². The first-order chi connectivity index (χ1) is 9.10. The molecule has 102 valence electrons. The summed E-state index contributed by atoms with van der Waals surface area (Å²) in [7, 11) is 1.35. The van der Waals surface area contributed by atoms with Gasteiger partial charge < -0.3 is 19.5 Å². The molecule has 2 N–H and O–H groups in total. The van der Waals surface area contributed by atoms with Crippen molar-refractivity contribution < 1.29 is 14.9 Å². The van der Waals surface area contributed by atoms with E-state index >= 15 is 0 Å². The maximum Gasteiger partial charge on any atom is 0.297 e. The number of phenols is 1. The second-order valence-electron chi connectivity index (χ2n) is 4.39. The van der Waals surface area contributed by atoms with Gasteiger partial charge in [-0.3, -0.25) is 4.79 Å². The van der Waals surface area contributed by atoms with Gasteiger partial charge in [-0.1, -0.05) is 13.3 Å². The van der Waals surface area contributed by atoms with Gasteiger partial charge in [0.1, 0.15) is 5.75 Å². The third-order valence-electron chi connectivity index (χ3n) is 3.12. The third-order valence-corrected chi connectivity index (χ3v) is 3.12. The minimum absolute atomic E-state index is 0.0571. The monoisotopic (exact) mass is 263 g/mol. The lowest BCUT2D eigenvalue weighted by molar-refractivity contribution is 0.366. The number of aromatic hydroxyl groups is 2. The van der Waals surface area contributed by atoms with E-state index in [1.54, 1.807) is 6.07 Å². The molecule has 0 bridgehead atoms. The number of aryl methyl sites for hydroxylation is 1. The highest BCUT2D eigenvalue weighted by atomic mass is 16.5. The van der Waals surface area contributed by atoms with E-state index in [2.05, 4.69) is 0 Å². The molecule has 5 heteroatoms. The van der Waals surface area contributed by atoms with Crippen molar-refractivity contribution in [1.82, 2.24) is 4.57 Å². The highest BCUT2D eigenvalue weighted by Gasteiger charge is 2.16. The van der Waals surface area contributed by atoms with Gasteiger partial charge in [0, 0.05) is 18.0 Å². The van der Waals surface area contributed by atoms with Crippen molar-refractivity contribution in [2.75, 3.05) is 7.11 Å². The zero-order valence-corrected chi connectivity index (χ0v) is 11.0. The number of ether oxygens (including phenoxy) is 1. The predicted octanol–water partition coefficient (Wildman–Crippen LogP) is 2.22. The Morgan fingerprint density at radius 2 is 2.05 bits per heavy atom. The number of pyridine rings is 1. The molecular formula is C14H17NO4. The fraction of sp³-hybridized carbons (Fsp3) is 0.357. The number of rotatable bonds is 4. The van der Waals surface area contributed by atoms with Crippen molar-refractivity contribution in [1.29, 1.82) is 0 Å². The summed E-state index contributed by atoms with van der Waals surface area (Å²) < 4.78 is 6.51. The van der Waals surface area contributed by atoms with E-state index in [4.69, 9.17) is 4.74 Å². The summed E-state index contributed by atoms with van der Waals surface area (Å²) in [6.45, 7) is 2.55. The molecule has 0 atom stereocenters. The topological polar surface area (TPSA) is 71.7 Å². The molecule has 2 aromatic rings. The second kappa shape index (κ2) is 5.22. The lowest BCUT2D eigenvalue weighted by Crippen LogP contribution is -2.22. The van der Waals surface area contributed by atoms with Crippen LogP contribution in [0.3, 0.4) is 0 Å². The van der Waals surface area contributed by atoms with Gasteiger partial charge >= 0.3 is 0 Å². The van der Waals surface area contributed by atoms with Gasteiger partial charge in [-0.2, -0.15) is 0 Å². The van der Waals surface area contributed by atoms with Crippen LogP contribution in [-0.2, 0) is 6.54 Å². The molecule has 0 spiro atoms. The number of methoxy groups -OCH3 is 1. The van der Waals surface area contributed by atoms with Crippen LogP contribution in [0.4, 0.5) is 0 Å². The minimum Gasteiger partial charge on any atom is -0.508 e. The van der Waals surface area contributed by atoms with Crippen molar-refractivity contribution in [2.24, 2.45) is 0 Å². The second-order valence-corrected chi connectivity index (χ2v) is 4.39. The van der Waals surface area contributed by atoms with E-state index in [0.29, 0.717) is 17.4 Å². The lowest BCUT2D eigenvalue weighted by Gasteiger charge is -2.14. The largest absolute Gasteiger partial charge is 0.508 e. The van der Waals surface area contributed by atoms with Crippen LogP contribution in [0.2, 0.25) is 0 Å². The van der Waals surface area contributed by atoms with Gasteiger partial charge in [0.05, 0.1) is 12.6 Å². The van der Waals surface area contributed by atoms with Gasteiger partial charge in [-0.05, 0) is 18.6 Å². The summed E-state index contributed by atoms with van der Waals surface area (Å²) >= 11 is 0. The maximum atomic E-state index is 12.2. The molecule has 0 aliphatic heterocycles. The molecule has 5 nitrogen and oxygen atoms in total. The van der Waals surface area contributed by atoms with Crippen LogP contribution >= 0.6 is 0 Å². The van der Waals surface area contributed by atoms with E-state index in [-0.39, 0.29) is 22.8 Å². The van der Waals surface area contributed by atoms with Crippen LogP contribution in [0.5, 0.6) is 17.2 Å². The van der Waals surface area contributed by atoms with Crippen LogP contribution in [0.1, 0.15) is 19.8 Å². The lowest BCUT2D eigenvalue weighted by atomic mass is 10.1. The highest BCUT2D eigenvalue weighted by molar-refractivity contribution is 5.88. The van der Waals surface area contributed by atoms with Crippen LogP contribution < -0.4 is 10.3 Å². The average Bonchev–Trinajstić information content (AvgIpc) is 2.39. The van der Waals surface area contributed by atoms with Crippen LogP contribution in [0.25, 0.3) is 10.9 Å².